The number of rotatable bonds is 0. The summed E-state index contributed by atoms with van der Waals surface area (Å²) < 4.78 is 0. The molecule has 16 heavy (non-hydrogen) atoms. The van der Waals surface area contributed by atoms with Gasteiger partial charge >= 0.3 is 0 Å². The lowest BCUT2D eigenvalue weighted by Gasteiger charge is -2.05. The highest BCUT2D eigenvalue weighted by Gasteiger charge is 2.04. The minimum atomic E-state index is 0.830. The largest absolute Gasteiger partial charge is 0.237 e. The first kappa shape index (κ1) is 9.28. The zero-order valence-corrected chi connectivity index (χ0v) is 9.36. The molecule has 78 valence electrons. The Hall–Kier alpha value is -1.96. The van der Waals surface area contributed by atoms with Crippen LogP contribution in [0.4, 0.5) is 0 Å². The van der Waals surface area contributed by atoms with Crippen molar-refractivity contribution in [3.63, 3.8) is 0 Å². The van der Waals surface area contributed by atoms with Crippen LogP contribution < -0.4 is 0 Å². The van der Waals surface area contributed by atoms with Crippen molar-refractivity contribution in [1.82, 2.24) is 9.97 Å². The molecular formula is C14H12N2. The van der Waals surface area contributed by atoms with Gasteiger partial charge in [0.05, 0.1) is 0 Å². The molecule has 0 unspecified atom stereocenters. The van der Waals surface area contributed by atoms with Crippen LogP contribution in [-0.4, -0.2) is 9.97 Å². The molecule has 2 nitrogen and oxygen atoms in total. The number of pyridine rings is 2. The Morgan fingerprint density at radius 3 is 2.75 bits per heavy atom. The van der Waals surface area contributed by atoms with Gasteiger partial charge in [-0.1, -0.05) is 17.7 Å². The van der Waals surface area contributed by atoms with E-state index >= 15 is 0 Å². The third-order valence-electron chi connectivity index (χ3n) is 2.94. The van der Waals surface area contributed by atoms with Crippen LogP contribution in [-0.2, 0) is 0 Å². The molecule has 0 fully saturated rings. The Balaban J connectivity index is 2.58. The topological polar surface area (TPSA) is 25.8 Å². The molecule has 0 N–H and O–H groups in total. The van der Waals surface area contributed by atoms with Crippen LogP contribution in [0, 0.1) is 13.8 Å². The van der Waals surface area contributed by atoms with Crippen molar-refractivity contribution in [2.45, 2.75) is 13.8 Å². The first-order valence-corrected chi connectivity index (χ1v) is 5.36. The van der Waals surface area contributed by atoms with Crippen molar-refractivity contribution in [3.8, 4) is 0 Å². The highest BCUT2D eigenvalue weighted by molar-refractivity contribution is 6.05. The van der Waals surface area contributed by atoms with E-state index in [4.69, 9.17) is 0 Å². The second-order valence-corrected chi connectivity index (χ2v) is 4.18. The monoisotopic (exact) mass is 208 g/mol. The maximum absolute atomic E-state index is 4.40. The lowest BCUT2D eigenvalue weighted by atomic mass is 10.0. The second kappa shape index (κ2) is 3.27. The number of hydrogen-bond donors (Lipinski definition) is 0. The third kappa shape index (κ3) is 1.27. The van der Waals surface area contributed by atoms with Gasteiger partial charge in [-0.25, -0.2) is 9.97 Å². The van der Waals surface area contributed by atoms with Gasteiger partial charge < -0.3 is 0 Å². The van der Waals surface area contributed by atoms with Gasteiger partial charge in [-0.15, -0.1) is 0 Å². The van der Waals surface area contributed by atoms with Crippen LogP contribution in [0.5, 0.6) is 0 Å². The lowest BCUT2D eigenvalue weighted by molar-refractivity contribution is 1.28. The van der Waals surface area contributed by atoms with E-state index in [2.05, 4.69) is 42.0 Å². The molecule has 1 aromatic carbocycles. The molecule has 0 aliphatic carbocycles. The summed E-state index contributed by atoms with van der Waals surface area (Å²) in [4.78, 5) is 8.70. The van der Waals surface area contributed by atoms with Crippen molar-refractivity contribution in [3.05, 3.63) is 47.8 Å². The van der Waals surface area contributed by atoms with Crippen molar-refractivity contribution >= 4 is 21.8 Å². The van der Waals surface area contributed by atoms with E-state index in [1.165, 1.54) is 27.3 Å². The molecule has 0 amide bonds. The van der Waals surface area contributed by atoms with Crippen LogP contribution >= 0.6 is 0 Å². The predicted molar refractivity (Wildman–Crippen MR) is 66.5 cm³/mol. The highest BCUT2D eigenvalue weighted by atomic mass is 14.8. The summed E-state index contributed by atoms with van der Waals surface area (Å²) in [5, 5.41) is 3.59. The Bertz CT molecular complexity index is 687. The van der Waals surface area contributed by atoms with Crippen molar-refractivity contribution in [2.24, 2.45) is 0 Å². The summed E-state index contributed by atoms with van der Waals surface area (Å²) in [5.74, 6) is 0. The first-order chi connectivity index (χ1) is 7.75. The minimum absolute atomic E-state index is 0.830. The number of benzene rings is 1. The van der Waals surface area contributed by atoms with Crippen LogP contribution in [0.15, 0.2) is 36.7 Å². The summed E-state index contributed by atoms with van der Waals surface area (Å²) >= 11 is 0. The van der Waals surface area contributed by atoms with Crippen LogP contribution in [0.3, 0.4) is 0 Å². The summed E-state index contributed by atoms with van der Waals surface area (Å²) in [6, 6.07) is 8.48. The summed E-state index contributed by atoms with van der Waals surface area (Å²) in [7, 11) is 0. The summed E-state index contributed by atoms with van der Waals surface area (Å²) in [5.41, 5.74) is 3.32. The fourth-order valence-corrected chi connectivity index (χ4v) is 2.12. The lowest BCUT2D eigenvalue weighted by Crippen LogP contribution is -1.88. The number of fused-ring (bicyclic) bond motifs is 3. The van der Waals surface area contributed by atoms with E-state index in [1.54, 1.807) is 0 Å². The third-order valence-corrected chi connectivity index (χ3v) is 2.94. The molecule has 3 aromatic rings. The van der Waals surface area contributed by atoms with Gasteiger partial charge in [0.1, 0.15) is 0 Å². The van der Waals surface area contributed by atoms with E-state index < -0.39 is 0 Å². The Morgan fingerprint density at radius 2 is 1.88 bits per heavy atom. The SMILES string of the molecule is Cc1ccc2c(cnc3nccc(C)c32)c1. The standard InChI is InChI=1S/C14H12N2/c1-9-3-4-12-11(7-9)8-16-14-13(12)10(2)5-6-15-14/h3-8H,1-2H3. The Labute approximate surface area is 94.0 Å². The number of nitrogens with zero attached hydrogens (tertiary/aromatic N) is 2. The van der Waals surface area contributed by atoms with Crippen LogP contribution in [0.25, 0.3) is 21.8 Å². The minimum Gasteiger partial charge on any atom is -0.237 e. The number of aromatic nitrogens is 2. The second-order valence-electron chi connectivity index (χ2n) is 4.18. The van der Waals surface area contributed by atoms with E-state index in [-0.39, 0.29) is 0 Å². The zero-order chi connectivity index (χ0) is 11.1. The van der Waals surface area contributed by atoms with Gasteiger partial charge in [-0.05, 0) is 36.9 Å². The van der Waals surface area contributed by atoms with E-state index in [9.17, 15) is 0 Å². The van der Waals surface area contributed by atoms with Crippen molar-refractivity contribution in [1.29, 1.82) is 0 Å². The quantitative estimate of drug-likeness (QED) is 0.529. The van der Waals surface area contributed by atoms with Gasteiger partial charge in [0.25, 0.3) is 0 Å². The molecule has 2 heterocycles. The van der Waals surface area contributed by atoms with Crippen molar-refractivity contribution < 1.29 is 0 Å². The summed E-state index contributed by atoms with van der Waals surface area (Å²) in [6.45, 7) is 4.20. The molecule has 0 atom stereocenters. The highest BCUT2D eigenvalue weighted by Crippen LogP contribution is 2.25. The predicted octanol–water partition coefficient (Wildman–Crippen LogP) is 3.40. The average molecular weight is 208 g/mol. The molecule has 0 saturated heterocycles. The number of aryl methyl sites for hydroxylation is 2. The maximum atomic E-state index is 4.40. The molecule has 0 aliphatic heterocycles. The fourth-order valence-electron chi connectivity index (χ4n) is 2.12. The van der Waals surface area contributed by atoms with E-state index in [0.29, 0.717) is 0 Å². The smallest absolute Gasteiger partial charge is 0.160 e. The average Bonchev–Trinajstić information content (AvgIpc) is 2.29. The van der Waals surface area contributed by atoms with E-state index in [0.717, 1.165) is 5.65 Å². The molecule has 0 aliphatic rings. The van der Waals surface area contributed by atoms with Gasteiger partial charge in [0, 0.05) is 23.2 Å². The van der Waals surface area contributed by atoms with Crippen LogP contribution in [0.2, 0.25) is 0 Å². The Morgan fingerprint density at radius 1 is 1.00 bits per heavy atom. The van der Waals surface area contributed by atoms with Crippen molar-refractivity contribution in [2.75, 3.05) is 0 Å². The van der Waals surface area contributed by atoms with Crippen LogP contribution in [0.1, 0.15) is 11.1 Å². The normalized spacial score (nSPS) is 11.1. The Kier molecular flexibility index (Phi) is 1.90. The van der Waals surface area contributed by atoms with Gasteiger partial charge in [0.15, 0.2) is 5.65 Å². The summed E-state index contributed by atoms with van der Waals surface area (Å²) in [6.07, 6.45) is 3.71. The molecule has 0 radical (unpaired) electrons. The molecule has 2 heteroatoms. The molecular weight excluding hydrogens is 196 g/mol. The van der Waals surface area contributed by atoms with Gasteiger partial charge in [0.2, 0.25) is 0 Å². The first-order valence-electron chi connectivity index (χ1n) is 5.36. The molecule has 0 bridgehead atoms. The molecule has 0 saturated carbocycles. The number of hydrogen-bond acceptors (Lipinski definition) is 2. The zero-order valence-electron chi connectivity index (χ0n) is 9.36. The fraction of sp³-hybridized carbons (Fsp3) is 0.143. The molecule has 0 spiro atoms. The molecule has 2 aromatic heterocycles. The molecule has 3 rings (SSSR count). The van der Waals surface area contributed by atoms with E-state index in [1.807, 2.05) is 18.5 Å². The van der Waals surface area contributed by atoms with Gasteiger partial charge in [-0.3, -0.25) is 0 Å². The maximum Gasteiger partial charge on any atom is 0.160 e. The van der Waals surface area contributed by atoms with Gasteiger partial charge in [-0.2, -0.15) is 0 Å².